The third-order valence-electron chi connectivity index (χ3n) is 3.54. The van der Waals surface area contributed by atoms with Gasteiger partial charge in [-0.3, -0.25) is 0 Å². The van der Waals surface area contributed by atoms with Crippen molar-refractivity contribution in [3.05, 3.63) is 53.1 Å². The topological polar surface area (TPSA) is 62.3 Å². The lowest BCUT2D eigenvalue weighted by atomic mass is 10.1. The van der Waals surface area contributed by atoms with E-state index in [1.54, 1.807) is 12.3 Å². The molecule has 0 saturated heterocycles. The normalized spacial score (nSPS) is 12.6. The molecule has 22 heavy (non-hydrogen) atoms. The summed E-state index contributed by atoms with van der Waals surface area (Å²) < 4.78 is 13.6. The van der Waals surface area contributed by atoms with Gasteiger partial charge < -0.3 is 15.2 Å². The monoisotopic (exact) mass is 357 g/mol. The molecule has 0 bridgehead atoms. The number of rotatable bonds is 2. The van der Waals surface area contributed by atoms with Crippen LogP contribution in [0, 0.1) is 0 Å². The maximum Gasteiger partial charge on any atom is 0.231 e. The number of nitrogens with zero attached hydrogens (tertiary/aromatic N) is 2. The highest BCUT2D eigenvalue weighted by Gasteiger charge is 2.19. The highest BCUT2D eigenvalue weighted by atomic mass is 79.9. The Morgan fingerprint density at radius 3 is 2.68 bits per heavy atom. The molecule has 0 aliphatic carbocycles. The third kappa shape index (κ3) is 2.03. The van der Waals surface area contributed by atoms with Gasteiger partial charge in [0.25, 0.3) is 0 Å². The summed E-state index contributed by atoms with van der Waals surface area (Å²) in [5.74, 6) is 1.37. The molecule has 4 rings (SSSR count). The predicted molar refractivity (Wildman–Crippen MR) is 87.2 cm³/mol. The van der Waals surface area contributed by atoms with Gasteiger partial charge in [-0.05, 0) is 40.2 Å². The summed E-state index contributed by atoms with van der Waals surface area (Å²) in [6.45, 7) is 0.224. The minimum atomic E-state index is 0.224. The van der Waals surface area contributed by atoms with Crippen LogP contribution >= 0.6 is 15.9 Å². The molecule has 5 nitrogen and oxygen atoms in total. The fourth-order valence-corrected chi connectivity index (χ4v) is 2.96. The molecule has 1 aromatic heterocycles. The van der Waals surface area contributed by atoms with Gasteiger partial charge in [-0.2, -0.15) is 5.10 Å². The first-order valence-electron chi connectivity index (χ1n) is 6.72. The molecule has 110 valence electrons. The van der Waals surface area contributed by atoms with Crippen LogP contribution in [0.4, 0.5) is 5.69 Å². The van der Waals surface area contributed by atoms with E-state index in [1.807, 2.05) is 41.1 Å². The third-order valence-corrected chi connectivity index (χ3v) is 4.21. The van der Waals surface area contributed by atoms with E-state index in [1.165, 1.54) is 0 Å². The largest absolute Gasteiger partial charge is 0.454 e. The Bertz CT molecular complexity index is 860. The second-order valence-corrected chi connectivity index (χ2v) is 5.73. The fourth-order valence-electron chi connectivity index (χ4n) is 2.50. The zero-order valence-corrected chi connectivity index (χ0v) is 13.1. The summed E-state index contributed by atoms with van der Waals surface area (Å²) in [4.78, 5) is 0. The van der Waals surface area contributed by atoms with Gasteiger partial charge in [0.15, 0.2) is 11.5 Å². The Balaban J connectivity index is 1.89. The summed E-state index contributed by atoms with van der Waals surface area (Å²) in [6.07, 6.45) is 1.75. The predicted octanol–water partition coefficient (Wildman–Crippen LogP) is 3.61. The first-order valence-corrected chi connectivity index (χ1v) is 7.52. The van der Waals surface area contributed by atoms with Crippen LogP contribution in [0.2, 0.25) is 0 Å². The molecular weight excluding hydrogens is 346 g/mol. The van der Waals surface area contributed by atoms with Crippen LogP contribution in [0.1, 0.15) is 0 Å². The quantitative estimate of drug-likeness (QED) is 0.711. The molecule has 1 aliphatic rings. The van der Waals surface area contributed by atoms with Crippen LogP contribution in [0.25, 0.3) is 16.9 Å². The standard InChI is InChI=1S/C16H12BrN3O2/c17-11-3-1-2-4-14(11)20-13(5-6-19-20)10-7-15-16(8-12(10)18)22-9-21-15/h1-8H,9,18H2. The van der Waals surface area contributed by atoms with Crippen molar-refractivity contribution in [2.24, 2.45) is 0 Å². The van der Waals surface area contributed by atoms with E-state index >= 15 is 0 Å². The average Bonchev–Trinajstić information content (AvgIpc) is 3.15. The number of hydrogen-bond donors (Lipinski definition) is 1. The van der Waals surface area contributed by atoms with Gasteiger partial charge in [-0.15, -0.1) is 0 Å². The Hall–Kier alpha value is -2.47. The van der Waals surface area contributed by atoms with E-state index in [2.05, 4.69) is 21.0 Å². The highest BCUT2D eigenvalue weighted by molar-refractivity contribution is 9.10. The van der Waals surface area contributed by atoms with Crippen LogP contribution in [-0.2, 0) is 0 Å². The Kier molecular flexibility index (Phi) is 3.04. The molecular formula is C16H12BrN3O2. The molecule has 0 atom stereocenters. The van der Waals surface area contributed by atoms with Gasteiger partial charge >= 0.3 is 0 Å². The number of ether oxygens (including phenoxy) is 2. The maximum absolute atomic E-state index is 6.18. The number of halogens is 1. The van der Waals surface area contributed by atoms with Gasteiger partial charge in [0.05, 0.1) is 17.6 Å². The molecule has 3 aromatic rings. The van der Waals surface area contributed by atoms with Crippen molar-refractivity contribution in [3.63, 3.8) is 0 Å². The van der Waals surface area contributed by atoms with Crippen LogP contribution in [0.15, 0.2) is 53.1 Å². The number of nitrogen functional groups attached to an aromatic ring is 1. The summed E-state index contributed by atoms with van der Waals surface area (Å²) in [5, 5.41) is 4.42. The summed E-state index contributed by atoms with van der Waals surface area (Å²) >= 11 is 3.56. The van der Waals surface area contributed by atoms with Crippen LogP contribution in [0.3, 0.4) is 0 Å². The molecule has 2 aromatic carbocycles. The van der Waals surface area contributed by atoms with E-state index in [9.17, 15) is 0 Å². The van der Waals surface area contributed by atoms with Crippen LogP contribution < -0.4 is 15.2 Å². The molecule has 0 amide bonds. The number of para-hydroxylation sites is 1. The van der Waals surface area contributed by atoms with Crippen LogP contribution in [0.5, 0.6) is 11.5 Å². The highest BCUT2D eigenvalue weighted by Crippen LogP contribution is 2.40. The van der Waals surface area contributed by atoms with E-state index < -0.39 is 0 Å². The smallest absolute Gasteiger partial charge is 0.231 e. The number of aromatic nitrogens is 2. The van der Waals surface area contributed by atoms with Crippen molar-refractivity contribution in [3.8, 4) is 28.4 Å². The number of benzene rings is 2. The summed E-state index contributed by atoms with van der Waals surface area (Å²) in [7, 11) is 0. The molecule has 0 radical (unpaired) electrons. The second kappa shape index (κ2) is 5.06. The zero-order valence-electron chi connectivity index (χ0n) is 11.5. The molecule has 0 unspecified atom stereocenters. The van der Waals surface area contributed by atoms with Gasteiger partial charge in [0, 0.05) is 21.8 Å². The molecule has 6 heteroatoms. The first-order chi connectivity index (χ1) is 10.7. The van der Waals surface area contributed by atoms with Crippen molar-refractivity contribution in [2.75, 3.05) is 12.5 Å². The van der Waals surface area contributed by atoms with Gasteiger partial charge in [0.1, 0.15) is 0 Å². The van der Waals surface area contributed by atoms with Crippen molar-refractivity contribution in [2.45, 2.75) is 0 Å². The minimum absolute atomic E-state index is 0.224. The van der Waals surface area contributed by atoms with Crippen molar-refractivity contribution in [1.29, 1.82) is 0 Å². The van der Waals surface area contributed by atoms with E-state index in [-0.39, 0.29) is 6.79 Å². The van der Waals surface area contributed by atoms with Gasteiger partial charge in [0.2, 0.25) is 6.79 Å². The number of anilines is 1. The molecule has 0 fully saturated rings. The SMILES string of the molecule is Nc1cc2c(cc1-c1ccnn1-c1ccccc1Br)OCO2. The summed E-state index contributed by atoms with van der Waals surface area (Å²) in [6, 6.07) is 13.5. The number of hydrogen-bond acceptors (Lipinski definition) is 4. The number of nitrogens with two attached hydrogens (primary N) is 1. The number of fused-ring (bicyclic) bond motifs is 1. The lowest BCUT2D eigenvalue weighted by molar-refractivity contribution is 0.174. The molecule has 0 saturated carbocycles. The first kappa shape index (κ1) is 13.2. The van der Waals surface area contributed by atoms with Gasteiger partial charge in [-0.1, -0.05) is 12.1 Å². The Morgan fingerprint density at radius 1 is 1.09 bits per heavy atom. The molecule has 2 N–H and O–H groups in total. The second-order valence-electron chi connectivity index (χ2n) is 4.87. The summed E-state index contributed by atoms with van der Waals surface area (Å²) in [5.41, 5.74) is 9.50. The van der Waals surface area contributed by atoms with Crippen LogP contribution in [-0.4, -0.2) is 16.6 Å². The van der Waals surface area contributed by atoms with Gasteiger partial charge in [-0.25, -0.2) is 4.68 Å². The lowest BCUT2D eigenvalue weighted by Gasteiger charge is -2.12. The minimum Gasteiger partial charge on any atom is -0.454 e. The molecule has 1 aliphatic heterocycles. The molecule has 2 heterocycles. The average molecular weight is 358 g/mol. The van der Waals surface area contributed by atoms with E-state index in [0.29, 0.717) is 17.2 Å². The maximum atomic E-state index is 6.18. The van der Waals surface area contributed by atoms with Crippen molar-refractivity contribution < 1.29 is 9.47 Å². The van der Waals surface area contributed by atoms with E-state index in [0.717, 1.165) is 21.4 Å². The van der Waals surface area contributed by atoms with Crippen molar-refractivity contribution >= 4 is 21.6 Å². The van der Waals surface area contributed by atoms with Crippen molar-refractivity contribution in [1.82, 2.24) is 9.78 Å². The zero-order chi connectivity index (χ0) is 15.1. The Morgan fingerprint density at radius 2 is 1.86 bits per heavy atom. The fraction of sp³-hybridized carbons (Fsp3) is 0.0625. The van der Waals surface area contributed by atoms with E-state index in [4.69, 9.17) is 15.2 Å². The lowest BCUT2D eigenvalue weighted by Crippen LogP contribution is -2.01. The molecule has 0 spiro atoms. The Labute approximate surface area is 135 Å².